The van der Waals surface area contributed by atoms with Gasteiger partial charge < -0.3 is 10.1 Å². The van der Waals surface area contributed by atoms with Crippen molar-refractivity contribution in [2.75, 3.05) is 20.2 Å². The molecular formula is C10H12F3N3O. The maximum Gasteiger partial charge on any atom is 0.451 e. The molecule has 7 heteroatoms. The Labute approximate surface area is 96.2 Å². The van der Waals surface area contributed by atoms with Gasteiger partial charge >= 0.3 is 6.18 Å². The van der Waals surface area contributed by atoms with Gasteiger partial charge in [0.15, 0.2) is 0 Å². The minimum Gasteiger partial charge on any atom is -0.481 e. The summed E-state index contributed by atoms with van der Waals surface area (Å²) >= 11 is 0. The van der Waals surface area contributed by atoms with Gasteiger partial charge in [0.1, 0.15) is 0 Å². The fraction of sp³-hybridized carbons (Fsp3) is 0.600. The Balaban J connectivity index is 2.51. The van der Waals surface area contributed by atoms with Crippen LogP contribution in [-0.4, -0.2) is 30.2 Å². The number of nitrogens with one attached hydrogen (secondary N) is 1. The van der Waals surface area contributed by atoms with Crippen molar-refractivity contribution >= 4 is 0 Å². The quantitative estimate of drug-likeness (QED) is 0.809. The smallest absolute Gasteiger partial charge is 0.451 e. The van der Waals surface area contributed by atoms with E-state index >= 15 is 0 Å². The number of rotatable bonds is 1. The number of ether oxygens (including phenoxy) is 1. The van der Waals surface area contributed by atoms with Crippen molar-refractivity contribution in [1.29, 1.82) is 0 Å². The first-order valence-corrected chi connectivity index (χ1v) is 5.24. The summed E-state index contributed by atoms with van der Waals surface area (Å²) in [5.41, 5.74) is 1.10. The zero-order valence-corrected chi connectivity index (χ0v) is 9.26. The largest absolute Gasteiger partial charge is 0.481 e. The van der Waals surface area contributed by atoms with Gasteiger partial charge in [-0.15, -0.1) is 0 Å². The lowest BCUT2D eigenvalue weighted by molar-refractivity contribution is -0.145. The molecule has 1 aliphatic rings. The zero-order chi connectivity index (χ0) is 12.5. The third-order valence-electron chi connectivity index (χ3n) is 2.59. The molecule has 0 spiro atoms. The number of fused-ring (bicyclic) bond motifs is 1. The molecule has 17 heavy (non-hydrogen) atoms. The summed E-state index contributed by atoms with van der Waals surface area (Å²) in [5, 5.41) is 3.10. The van der Waals surface area contributed by atoms with Crippen LogP contribution in [0.2, 0.25) is 0 Å². The van der Waals surface area contributed by atoms with Crippen molar-refractivity contribution < 1.29 is 17.9 Å². The van der Waals surface area contributed by atoms with E-state index in [0.29, 0.717) is 37.2 Å². The van der Waals surface area contributed by atoms with E-state index in [1.54, 1.807) is 0 Å². The van der Waals surface area contributed by atoms with Crippen LogP contribution in [0.1, 0.15) is 17.1 Å². The van der Waals surface area contributed by atoms with Crippen LogP contribution in [0.15, 0.2) is 0 Å². The number of halogens is 3. The fourth-order valence-electron chi connectivity index (χ4n) is 1.81. The second-order valence-corrected chi connectivity index (χ2v) is 3.73. The van der Waals surface area contributed by atoms with Gasteiger partial charge in [-0.05, 0) is 13.0 Å². The van der Waals surface area contributed by atoms with Crippen LogP contribution in [0.25, 0.3) is 0 Å². The highest BCUT2D eigenvalue weighted by Crippen LogP contribution is 2.30. The van der Waals surface area contributed by atoms with Crippen molar-refractivity contribution in [1.82, 2.24) is 15.3 Å². The summed E-state index contributed by atoms with van der Waals surface area (Å²) in [6.07, 6.45) is -3.50. The molecule has 0 aliphatic carbocycles. The second kappa shape index (κ2) is 4.48. The van der Waals surface area contributed by atoms with E-state index in [1.165, 1.54) is 7.11 Å². The summed E-state index contributed by atoms with van der Waals surface area (Å²) in [7, 11) is 1.32. The highest BCUT2D eigenvalue weighted by molar-refractivity contribution is 5.33. The molecule has 0 atom stereocenters. The average molecular weight is 247 g/mol. The molecule has 0 aromatic carbocycles. The Morgan fingerprint density at radius 1 is 1.18 bits per heavy atom. The summed E-state index contributed by atoms with van der Waals surface area (Å²) in [5.74, 6) is -1.10. The van der Waals surface area contributed by atoms with Crippen molar-refractivity contribution in [2.45, 2.75) is 19.0 Å². The van der Waals surface area contributed by atoms with Crippen LogP contribution >= 0.6 is 0 Å². The van der Waals surface area contributed by atoms with Gasteiger partial charge in [-0.25, -0.2) is 4.98 Å². The van der Waals surface area contributed by atoms with Crippen LogP contribution in [-0.2, 0) is 19.0 Å². The van der Waals surface area contributed by atoms with Gasteiger partial charge in [0.2, 0.25) is 11.7 Å². The van der Waals surface area contributed by atoms with Crippen molar-refractivity contribution in [2.24, 2.45) is 0 Å². The number of methoxy groups -OCH3 is 1. The molecule has 1 aliphatic heterocycles. The Kier molecular flexibility index (Phi) is 3.19. The van der Waals surface area contributed by atoms with Gasteiger partial charge in [-0.3, -0.25) is 0 Å². The Hall–Kier alpha value is -1.37. The predicted molar refractivity (Wildman–Crippen MR) is 53.9 cm³/mol. The first kappa shape index (κ1) is 12.1. The lowest BCUT2D eigenvalue weighted by atomic mass is 10.1. The van der Waals surface area contributed by atoms with Crippen LogP contribution < -0.4 is 10.1 Å². The summed E-state index contributed by atoms with van der Waals surface area (Å²) in [4.78, 5) is 7.03. The zero-order valence-electron chi connectivity index (χ0n) is 9.26. The topological polar surface area (TPSA) is 47.0 Å². The molecule has 0 saturated heterocycles. The van der Waals surface area contributed by atoms with E-state index in [4.69, 9.17) is 4.74 Å². The Bertz CT molecular complexity index is 420. The first-order valence-electron chi connectivity index (χ1n) is 5.24. The van der Waals surface area contributed by atoms with Crippen LogP contribution in [0.5, 0.6) is 5.88 Å². The van der Waals surface area contributed by atoms with Gasteiger partial charge in [0.05, 0.1) is 12.8 Å². The van der Waals surface area contributed by atoms with Gasteiger partial charge in [0.25, 0.3) is 0 Å². The molecule has 0 amide bonds. The molecule has 0 bridgehead atoms. The van der Waals surface area contributed by atoms with Crippen LogP contribution in [0.4, 0.5) is 13.2 Å². The Morgan fingerprint density at radius 3 is 2.53 bits per heavy atom. The molecule has 4 nitrogen and oxygen atoms in total. The monoisotopic (exact) mass is 247 g/mol. The highest BCUT2D eigenvalue weighted by atomic mass is 19.4. The minimum absolute atomic E-state index is 0.0334. The van der Waals surface area contributed by atoms with Crippen molar-refractivity contribution in [3.63, 3.8) is 0 Å². The first-order chi connectivity index (χ1) is 8.02. The second-order valence-electron chi connectivity index (χ2n) is 3.73. The lowest BCUT2D eigenvalue weighted by Crippen LogP contribution is -2.16. The minimum atomic E-state index is -4.54. The normalized spacial score (nSPS) is 16.2. The number of nitrogens with zero attached hydrogens (tertiary/aromatic N) is 2. The molecule has 94 valence electrons. The van der Waals surface area contributed by atoms with Gasteiger partial charge in [0, 0.05) is 18.5 Å². The van der Waals surface area contributed by atoms with Crippen LogP contribution in [0.3, 0.4) is 0 Å². The van der Waals surface area contributed by atoms with Crippen molar-refractivity contribution in [3.8, 4) is 5.88 Å². The molecular weight excluding hydrogens is 235 g/mol. The number of alkyl halides is 3. The SMILES string of the molecule is COc1nc(C(F)(F)F)nc2c1CCNCC2. The molecule has 0 fully saturated rings. The van der Waals surface area contributed by atoms with E-state index < -0.39 is 12.0 Å². The number of hydrogen-bond acceptors (Lipinski definition) is 4. The highest BCUT2D eigenvalue weighted by Gasteiger charge is 2.36. The predicted octanol–water partition coefficient (Wildman–Crippen LogP) is 1.19. The molecule has 2 rings (SSSR count). The Morgan fingerprint density at radius 2 is 1.88 bits per heavy atom. The van der Waals surface area contributed by atoms with E-state index in [2.05, 4.69) is 15.3 Å². The molecule has 0 radical (unpaired) electrons. The maximum absolute atomic E-state index is 12.6. The van der Waals surface area contributed by atoms with Crippen LogP contribution in [0, 0.1) is 0 Å². The number of hydrogen-bond donors (Lipinski definition) is 1. The molecule has 0 saturated carbocycles. The lowest BCUT2D eigenvalue weighted by Gasteiger charge is -2.13. The van der Waals surface area contributed by atoms with E-state index in [1.807, 2.05) is 0 Å². The summed E-state index contributed by atoms with van der Waals surface area (Å²) in [6, 6.07) is 0. The molecule has 1 N–H and O–H groups in total. The van der Waals surface area contributed by atoms with E-state index in [0.717, 1.165) is 0 Å². The van der Waals surface area contributed by atoms with Crippen molar-refractivity contribution in [3.05, 3.63) is 17.1 Å². The van der Waals surface area contributed by atoms with Gasteiger partial charge in [-0.2, -0.15) is 18.2 Å². The fourth-order valence-corrected chi connectivity index (χ4v) is 1.81. The standard InChI is InChI=1S/C10H12F3N3O/c1-17-8-6-2-4-14-5-3-7(6)15-9(16-8)10(11,12)13/h14H,2-5H2,1H3. The van der Waals surface area contributed by atoms with E-state index in [9.17, 15) is 13.2 Å². The summed E-state index contributed by atoms with van der Waals surface area (Å²) < 4.78 is 42.7. The molecule has 0 unspecified atom stereocenters. The third-order valence-corrected chi connectivity index (χ3v) is 2.59. The molecule has 1 aromatic heterocycles. The average Bonchev–Trinajstić information content (AvgIpc) is 2.51. The molecule has 1 aromatic rings. The molecule has 2 heterocycles. The van der Waals surface area contributed by atoms with E-state index in [-0.39, 0.29) is 5.88 Å². The maximum atomic E-state index is 12.6. The van der Waals surface area contributed by atoms with Gasteiger partial charge in [-0.1, -0.05) is 0 Å². The number of aromatic nitrogens is 2. The third kappa shape index (κ3) is 2.49. The summed E-state index contributed by atoms with van der Waals surface area (Å²) in [6.45, 7) is 1.31.